The highest BCUT2D eigenvalue weighted by Gasteiger charge is 2.30. The molecule has 1 aliphatic rings. The molecule has 0 bridgehead atoms. The van der Waals surface area contributed by atoms with Gasteiger partial charge in [-0.05, 0) is 43.5 Å². The summed E-state index contributed by atoms with van der Waals surface area (Å²) in [5.74, 6) is 0.333. The van der Waals surface area contributed by atoms with E-state index in [9.17, 15) is 22.9 Å². The summed E-state index contributed by atoms with van der Waals surface area (Å²) in [5, 5.41) is 11.5. The van der Waals surface area contributed by atoms with E-state index >= 15 is 0 Å². The average Bonchev–Trinajstić information content (AvgIpc) is 3.23. The topological polar surface area (TPSA) is 109 Å². The number of H-pyrrole nitrogens is 1. The van der Waals surface area contributed by atoms with E-state index in [0.717, 1.165) is 25.5 Å². The smallest absolute Gasteiger partial charge is 0.290 e. The first-order valence-corrected chi connectivity index (χ1v) is 11.7. The van der Waals surface area contributed by atoms with Gasteiger partial charge in [-0.25, -0.2) is 17.8 Å². The average molecular weight is 444 g/mol. The van der Waals surface area contributed by atoms with Crippen molar-refractivity contribution < 1.29 is 17.7 Å². The van der Waals surface area contributed by atoms with Gasteiger partial charge in [-0.1, -0.05) is 12.1 Å². The van der Waals surface area contributed by atoms with Crippen molar-refractivity contribution in [3.63, 3.8) is 0 Å². The van der Waals surface area contributed by atoms with Crippen molar-refractivity contribution in [2.75, 3.05) is 17.7 Å². The Morgan fingerprint density at radius 3 is 2.74 bits per heavy atom. The zero-order chi connectivity index (χ0) is 22.2. The van der Waals surface area contributed by atoms with E-state index in [1.165, 1.54) is 24.3 Å². The van der Waals surface area contributed by atoms with Crippen LogP contribution >= 0.6 is 0 Å². The number of benzene rings is 2. The van der Waals surface area contributed by atoms with E-state index in [2.05, 4.69) is 9.97 Å². The molecule has 1 atom stereocenters. The van der Waals surface area contributed by atoms with E-state index in [0.29, 0.717) is 29.3 Å². The first-order chi connectivity index (χ1) is 14.7. The SMILES string of the molecule is CS(=O)(=O)c1ccc(N2CCCC[C@H]2c2ncc(-c3cccc(F)c3)[nH]2)cc1[N+](=O)[O-]. The van der Waals surface area contributed by atoms with E-state index in [1.807, 2.05) is 4.90 Å². The summed E-state index contributed by atoms with van der Waals surface area (Å²) in [4.78, 5) is 20.3. The van der Waals surface area contributed by atoms with Crippen LogP contribution in [0.4, 0.5) is 15.8 Å². The highest BCUT2D eigenvalue weighted by molar-refractivity contribution is 7.90. The van der Waals surface area contributed by atoms with E-state index in [1.54, 1.807) is 24.4 Å². The van der Waals surface area contributed by atoms with Crippen LogP contribution in [-0.2, 0) is 9.84 Å². The molecule has 10 heteroatoms. The third kappa shape index (κ3) is 4.29. The molecular formula is C21H21FN4O4S. The van der Waals surface area contributed by atoms with Gasteiger partial charge in [0.2, 0.25) is 0 Å². The highest BCUT2D eigenvalue weighted by Crippen LogP contribution is 2.37. The van der Waals surface area contributed by atoms with Crippen LogP contribution in [0.25, 0.3) is 11.3 Å². The number of imidazole rings is 1. The van der Waals surface area contributed by atoms with Gasteiger partial charge in [0, 0.05) is 30.1 Å². The number of sulfone groups is 1. The second kappa shape index (κ2) is 8.10. The molecule has 4 rings (SSSR count). The van der Waals surface area contributed by atoms with Crippen LogP contribution in [-0.4, -0.2) is 36.1 Å². The quantitative estimate of drug-likeness (QED) is 0.465. The molecule has 1 aromatic heterocycles. The van der Waals surface area contributed by atoms with Gasteiger partial charge in [0.25, 0.3) is 5.69 Å². The molecule has 0 saturated carbocycles. The Kier molecular flexibility index (Phi) is 5.48. The number of nitro groups is 1. The van der Waals surface area contributed by atoms with Gasteiger partial charge in [0.1, 0.15) is 16.5 Å². The van der Waals surface area contributed by atoms with Crippen LogP contribution in [0.2, 0.25) is 0 Å². The van der Waals surface area contributed by atoms with Crippen LogP contribution in [0, 0.1) is 15.9 Å². The molecule has 162 valence electrons. The molecule has 1 saturated heterocycles. The second-order valence-electron chi connectivity index (χ2n) is 7.58. The lowest BCUT2D eigenvalue weighted by Crippen LogP contribution is -2.34. The largest absolute Gasteiger partial charge is 0.361 e. The minimum Gasteiger partial charge on any atom is -0.361 e. The number of aromatic nitrogens is 2. The molecule has 8 nitrogen and oxygen atoms in total. The summed E-state index contributed by atoms with van der Waals surface area (Å²) in [6, 6.07) is 10.2. The lowest BCUT2D eigenvalue weighted by molar-refractivity contribution is -0.387. The lowest BCUT2D eigenvalue weighted by Gasteiger charge is -2.36. The van der Waals surface area contributed by atoms with Crippen LogP contribution in [0.5, 0.6) is 0 Å². The molecule has 31 heavy (non-hydrogen) atoms. The number of halogens is 1. The first-order valence-electron chi connectivity index (χ1n) is 9.80. The maximum absolute atomic E-state index is 13.6. The Morgan fingerprint density at radius 1 is 1.23 bits per heavy atom. The summed E-state index contributed by atoms with van der Waals surface area (Å²) >= 11 is 0. The number of aromatic amines is 1. The van der Waals surface area contributed by atoms with Crippen molar-refractivity contribution in [1.29, 1.82) is 0 Å². The Labute approximate surface area is 178 Å². The van der Waals surface area contributed by atoms with Gasteiger partial charge in [-0.3, -0.25) is 10.1 Å². The summed E-state index contributed by atoms with van der Waals surface area (Å²) in [5.41, 5.74) is 1.48. The molecule has 0 spiro atoms. The highest BCUT2D eigenvalue weighted by atomic mass is 32.2. The normalized spacial score (nSPS) is 17.0. The molecular weight excluding hydrogens is 423 g/mol. The monoisotopic (exact) mass is 444 g/mol. The van der Waals surface area contributed by atoms with Crippen molar-refractivity contribution in [3.05, 3.63) is 70.4 Å². The van der Waals surface area contributed by atoms with Crippen molar-refractivity contribution in [1.82, 2.24) is 9.97 Å². The van der Waals surface area contributed by atoms with Crippen molar-refractivity contribution in [2.45, 2.75) is 30.2 Å². The maximum Gasteiger partial charge on any atom is 0.290 e. The molecule has 0 unspecified atom stereocenters. The minimum absolute atomic E-state index is 0.167. The van der Waals surface area contributed by atoms with E-state index in [-0.39, 0.29) is 16.8 Å². The summed E-state index contributed by atoms with van der Waals surface area (Å²) < 4.78 is 37.4. The summed E-state index contributed by atoms with van der Waals surface area (Å²) in [6.45, 7) is 0.649. The molecule has 1 N–H and O–H groups in total. The number of anilines is 1. The van der Waals surface area contributed by atoms with Gasteiger partial charge >= 0.3 is 0 Å². The molecule has 2 heterocycles. The predicted molar refractivity (Wildman–Crippen MR) is 114 cm³/mol. The van der Waals surface area contributed by atoms with Gasteiger partial charge in [-0.15, -0.1) is 0 Å². The molecule has 2 aromatic carbocycles. The number of piperidine rings is 1. The molecule has 1 aliphatic heterocycles. The molecule has 1 fully saturated rings. The van der Waals surface area contributed by atoms with Gasteiger partial charge < -0.3 is 9.88 Å². The Hall–Kier alpha value is -3.27. The Morgan fingerprint density at radius 2 is 2.03 bits per heavy atom. The lowest BCUT2D eigenvalue weighted by atomic mass is 10.0. The van der Waals surface area contributed by atoms with E-state index in [4.69, 9.17) is 0 Å². The number of nitrogens with one attached hydrogen (secondary N) is 1. The predicted octanol–water partition coefficient (Wildman–Crippen LogP) is 4.26. The van der Waals surface area contributed by atoms with E-state index < -0.39 is 20.4 Å². The zero-order valence-electron chi connectivity index (χ0n) is 16.8. The first kappa shape index (κ1) is 21.0. The third-order valence-electron chi connectivity index (χ3n) is 5.42. The number of nitrogens with zero attached hydrogens (tertiary/aromatic N) is 3. The molecule has 0 amide bonds. The van der Waals surface area contributed by atoms with Gasteiger partial charge in [0.15, 0.2) is 9.84 Å². The fourth-order valence-corrected chi connectivity index (χ4v) is 4.80. The van der Waals surface area contributed by atoms with Crippen LogP contribution in [0.1, 0.15) is 31.1 Å². The zero-order valence-corrected chi connectivity index (χ0v) is 17.6. The minimum atomic E-state index is -3.73. The maximum atomic E-state index is 13.6. The molecule has 3 aromatic rings. The Balaban J connectivity index is 1.70. The molecule has 0 aliphatic carbocycles. The van der Waals surface area contributed by atoms with Crippen molar-refractivity contribution in [2.24, 2.45) is 0 Å². The summed E-state index contributed by atoms with van der Waals surface area (Å²) in [6.07, 6.45) is 5.23. The standard InChI is InChI=1S/C21H21FN4O4S/c1-31(29,30)20-9-8-16(12-19(20)26(27)28)25-10-3-2-7-18(25)21-23-13-17(24-21)14-5-4-6-15(22)11-14/h4-6,8-9,11-13,18H,2-3,7,10H2,1H3,(H,23,24)/t18-/m0/s1. The Bertz CT molecular complexity index is 1240. The van der Waals surface area contributed by atoms with Gasteiger partial charge in [0.05, 0.1) is 22.9 Å². The fourth-order valence-electron chi connectivity index (χ4n) is 3.97. The van der Waals surface area contributed by atoms with Gasteiger partial charge in [-0.2, -0.15) is 0 Å². The van der Waals surface area contributed by atoms with Crippen LogP contribution in [0.3, 0.4) is 0 Å². The molecule has 0 radical (unpaired) electrons. The third-order valence-corrected chi connectivity index (χ3v) is 6.56. The van der Waals surface area contributed by atoms with Crippen molar-refractivity contribution in [3.8, 4) is 11.3 Å². The van der Waals surface area contributed by atoms with Crippen molar-refractivity contribution >= 4 is 21.2 Å². The number of hydrogen-bond donors (Lipinski definition) is 1. The second-order valence-corrected chi connectivity index (χ2v) is 9.56. The van der Waals surface area contributed by atoms with Crippen LogP contribution < -0.4 is 4.90 Å². The number of nitro benzene ring substituents is 1. The summed E-state index contributed by atoms with van der Waals surface area (Å²) in [7, 11) is -3.73. The number of rotatable bonds is 5. The number of hydrogen-bond acceptors (Lipinski definition) is 6. The fraction of sp³-hybridized carbons (Fsp3) is 0.286. The van der Waals surface area contributed by atoms with Crippen LogP contribution in [0.15, 0.2) is 53.6 Å².